The van der Waals surface area contributed by atoms with Crippen LogP contribution in [0.3, 0.4) is 0 Å². The molecule has 2 aromatic heterocycles. The fourth-order valence-electron chi connectivity index (χ4n) is 9.77. The number of piperidine rings is 2. The number of urea groups is 1. The molecule has 6 amide bonds. The van der Waals surface area contributed by atoms with E-state index in [2.05, 4.69) is 67.1 Å². The van der Waals surface area contributed by atoms with E-state index in [9.17, 15) is 29.2 Å². The summed E-state index contributed by atoms with van der Waals surface area (Å²) >= 11 is 0. The van der Waals surface area contributed by atoms with Crippen LogP contribution in [0.15, 0.2) is 61.1 Å². The average molecular weight is 854 g/mol. The van der Waals surface area contributed by atoms with Crippen molar-refractivity contribution in [3.05, 3.63) is 77.7 Å². The maximum Gasteiger partial charge on any atom is 0.322 e. The van der Waals surface area contributed by atoms with Crippen molar-refractivity contribution >= 4 is 57.9 Å². The Bertz CT molecular complexity index is 2490. The number of fused-ring (bicyclic) bond motifs is 2. The summed E-state index contributed by atoms with van der Waals surface area (Å²) in [6, 6.07) is 14.3. The first-order valence-corrected chi connectivity index (χ1v) is 21.9. The van der Waals surface area contributed by atoms with Crippen LogP contribution in [0.1, 0.15) is 85.6 Å². The normalized spacial score (nSPS) is 22.9. The highest BCUT2D eigenvalue weighted by molar-refractivity contribution is 6.23. The molecular weight excluding hydrogens is 803 g/mol. The fraction of sp³-hybridized carbons (Fsp3) is 0.457. The van der Waals surface area contributed by atoms with Crippen molar-refractivity contribution in [1.29, 1.82) is 5.26 Å². The third-order valence-electron chi connectivity index (χ3n) is 13.3. The molecule has 63 heavy (non-hydrogen) atoms. The standard InChI is InChI=1S/C46H51N11O6/c1-27(2)56(32-19-34(20-32)63-33-7-8-35-37(21-33)44(61)57(43(35)60)39-10-11-40(58)52-42(39)59)26-29-12-15-53(16-13-29)45-49-23-31(24-50-45)51-46(62)54-17-18-55(28(3)25-54)38-9-6-30(22-47)41-36(38)5-4-14-48-41/h4-9,14,21,23-24,27-29,32,34,39H,10-13,15-20,25-26H2,1-3H3,(H,51,62)(H,52,58,59)/t28-,32?,34?,39?/m0/s1. The summed E-state index contributed by atoms with van der Waals surface area (Å²) in [7, 11) is 0. The summed E-state index contributed by atoms with van der Waals surface area (Å²) in [5.74, 6) is -0.429. The lowest BCUT2D eigenvalue weighted by molar-refractivity contribution is -0.136. The van der Waals surface area contributed by atoms with Gasteiger partial charge in [-0.15, -0.1) is 0 Å². The number of benzene rings is 2. The van der Waals surface area contributed by atoms with E-state index in [1.165, 1.54) is 0 Å². The fourth-order valence-corrected chi connectivity index (χ4v) is 9.77. The average Bonchev–Trinajstić information content (AvgIpc) is 3.51. The zero-order chi connectivity index (χ0) is 43.9. The van der Waals surface area contributed by atoms with Crippen LogP contribution in [0.4, 0.5) is 22.1 Å². The van der Waals surface area contributed by atoms with Crippen molar-refractivity contribution in [2.24, 2.45) is 5.92 Å². The molecular formula is C46H51N11O6. The van der Waals surface area contributed by atoms with Gasteiger partial charge >= 0.3 is 6.03 Å². The van der Waals surface area contributed by atoms with Gasteiger partial charge in [-0.2, -0.15) is 5.26 Å². The number of ether oxygens (including phenoxy) is 1. The molecule has 6 heterocycles. The van der Waals surface area contributed by atoms with Crippen LogP contribution in [-0.4, -0.2) is 129 Å². The minimum Gasteiger partial charge on any atom is -0.490 e. The van der Waals surface area contributed by atoms with Crippen molar-refractivity contribution < 1.29 is 28.7 Å². The van der Waals surface area contributed by atoms with Crippen LogP contribution in [0.5, 0.6) is 5.75 Å². The number of hydrogen-bond donors (Lipinski definition) is 2. The summed E-state index contributed by atoms with van der Waals surface area (Å²) in [5, 5.41) is 15.7. The summed E-state index contributed by atoms with van der Waals surface area (Å²) < 4.78 is 6.30. The van der Waals surface area contributed by atoms with Crippen LogP contribution in [0, 0.1) is 17.2 Å². The lowest BCUT2D eigenvalue weighted by atomic mass is 9.85. The van der Waals surface area contributed by atoms with E-state index in [1.54, 1.807) is 36.8 Å². The van der Waals surface area contributed by atoms with Gasteiger partial charge in [-0.05, 0) is 88.4 Å². The van der Waals surface area contributed by atoms with Crippen LogP contribution < -0.4 is 25.2 Å². The highest BCUT2D eigenvalue weighted by Gasteiger charge is 2.45. The van der Waals surface area contributed by atoms with E-state index < -0.39 is 29.7 Å². The summed E-state index contributed by atoms with van der Waals surface area (Å²) in [6.45, 7) is 10.9. The number of piperazine rings is 1. The largest absolute Gasteiger partial charge is 0.490 e. The first-order valence-electron chi connectivity index (χ1n) is 21.9. The molecule has 326 valence electrons. The molecule has 17 nitrogen and oxygen atoms in total. The highest BCUT2D eigenvalue weighted by atomic mass is 16.5. The van der Waals surface area contributed by atoms with Gasteiger partial charge in [-0.25, -0.2) is 14.8 Å². The smallest absolute Gasteiger partial charge is 0.322 e. The van der Waals surface area contributed by atoms with Gasteiger partial charge in [0.2, 0.25) is 17.8 Å². The first kappa shape index (κ1) is 41.7. The van der Waals surface area contributed by atoms with Gasteiger partial charge in [0.25, 0.3) is 11.8 Å². The van der Waals surface area contributed by atoms with Gasteiger partial charge in [-0.1, -0.05) is 0 Å². The van der Waals surface area contributed by atoms with Gasteiger partial charge < -0.3 is 24.8 Å². The van der Waals surface area contributed by atoms with Crippen molar-refractivity contribution in [2.75, 3.05) is 54.4 Å². The number of hydrogen-bond acceptors (Lipinski definition) is 13. The quantitative estimate of drug-likeness (QED) is 0.211. The number of carbonyl (C=O) groups is 5. The number of amides is 6. The number of nitrogens with one attached hydrogen (secondary N) is 2. The van der Waals surface area contributed by atoms with Gasteiger partial charge in [-0.3, -0.25) is 39.3 Å². The van der Waals surface area contributed by atoms with Crippen molar-refractivity contribution in [1.82, 2.24) is 35.0 Å². The van der Waals surface area contributed by atoms with Gasteiger partial charge in [0, 0.05) is 93.9 Å². The molecule has 1 unspecified atom stereocenters. The lowest BCUT2D eigenvalue weighted by Gasteiger charge is -2.46. The molecule has 0 bridgehead atoms. The minimum absolute atomic E-state index is 0.0209. The molecule has 2 N–H and O–H groups in total. The van der Waals surface area contributed by atoms with Gasteiger partial charge in [0.15, 0.2) is 0 Å². The Morgan fingerprint density at radius 3 is 2.44 bits per heavy atom. The molecule has 1 saturated carbocycles. The Hall–Kier alpha value is -6.67. The number of aromatic nitrogens is 3. The topological polar surface area (TPSA) is 197 Å². The maximum absolute atomic E-state index is 13.3. The Morgan fingerprint density at radius 1 is 0.968 bits per heavy atom. The molecule has 0 radical (unpaired) electrons. The maximum atomic E-state index is 13.3. The molecule has 4 aliphatic heterocycles. The Kier molecular flexibility index (Phi) is 11.4. The number of nitrogens with zero attached hydrogens (tertiary/aromatic N) is 9. The monoisotopic (exact) mass is 853 g/mol. The van der Waals surface area contributed by atoms with Gasteiger partial charge in [0.1, 0.15) is 24.0 Å². The predicted octanol–water partition coefficient (Wildman–Crippen LogP) is 4.58. The van der Waals surface area contributed by atoms with Crippen LogP contribution in [0.2, 0.25) is 0 Å². The zero-order valence-corrected chi connectivity index (χ0v) is 35.7. The van der Waals surface area contributed by atoms with Crippen LogP contribution in [-0.2, 0) is 9.59 Å². The number of nitriles is 1. The molecule has 4 aromatic rings. The second-order valence-corrected chi connectivity index (χ2v) is 17.6. The number of rotatable bonds is 10. The third kappa shape index (κ3) is 8.22. The number of anilines is 3. The Morgan fingerprint density at radius 2 is 1.73 bits per heavy atom. The molecule has 2 atom stereocenters. The molecule has 4 fully saturated rings. The number of pyridine rings is 1. The second-order valence-electron chi connectivity index (χ2n) is 17.6. The predicted molar refractivity (Wildman–Crippen MR) is 233 cm³/mol. The van der Waals surface area contributed by atoms with Crippen molar-refractivity contribution in [2.45, 2.75) is 89.6 Å². The van der Waals surface area contributed by atoms with E-state index in [0.29, 0.717) is 66.1 Å². The molecule has 0 spiro atoms. The molecule has 17 heteroatoms. The highest BCUT2D eigenvalue weighted by Crippen LogP contribution is 2.36. The minimum atomic E-state index is -1.00. The van der Waals surface area contributed by atoms with E-state index in [4.69, 9.17) is 4.74 Å². The molecule has 1 aliphatic carbocycles. The first-order chi connectivity index (χ1) is 30.4. The Labute approximate surface area is 365 Å². The second kappa shape index (κ2) is 17.2. The SMILES string of the molecule is CC(C)N(CC1CCN(c2ncc(NC(=O)N3CCN(c4ccc(C#N)c5ncccc45)[C@@H](C)C3)cn2)CC1)C1CC(Oc2ccc3c(c2)C(=O)N(C2CCC(=O)NC2=O)C3=O)C1. The third-order valence-corrected chi connectivity index (χ3v) is 13.3. The van der Waals surface area contributed by atoms with E-state index in [1.807, 2.05) is 29.2 Å². The van der Waals surface area contributed by atoms with Crippen molar-refractivity contribution in [3.8, 4) is 11.8 Å². The van der Waals surface area contributed by atoms with E-state index in [0.717, 1.165) is 61.3 Å². The molecule has 5 aliphatic rings. The summed E-state index contributed by atoms with van der Waals surface area (Å²) in [4.78, 5) is 87.3. The summed E-state index contributed by atoms with van der Waals surface area (Å²) in [6.07, 6.45) is 8.93. The van der Waals surface area contributed by atoms with E-state index in [-0.39, 0.29) is 42.1 Å². The summed E-state index contributed by atoms with van der Waals surface area (Å²) in [5.41, 5.74) is 3.23. The number of carbonyl (C=O) groups excluding carboxylic acids is 5. The number of imide groups is 2. The Balaban J connectivity index is 0.724. The van der Waals surface area contributed by atoms with E-state index >= 15 is 0 Å². The molecule has 9 rings (SSSR count). The molecule has 3 saturated heterocycles. The van der Waals surface area contributed by atoms with Crippen molar-refractivity contribution in [3.63, 3.8) is 0 Å². The van der Waals surface area contributed by atoms with Crippen LogP contribution in [0.25, 0.3) is 10.9 Å². The van der Waals surface area contributed by atoms with Gasteiger partial charge in [0.05, 0.1) is 40.3 Å². The zero-order valence-electron chi connectivity index (χ0n) is 35.7. The molecule has 2 aromatic carbocycles. The van der Waals surface area contributed by atoms with Crippen LogP contribution >= 0.6 is 0 Å². The lowest BCUT2D eigenvalue weighted by Crippen LogP contribution is -2.54.